The molecule has 0 bridgehead atoms. The average Bonchev–Trinajstić information content (AvgIpc) is 2.87. The number of nitrogens with one attached hydrogen (secondary N) is 1. The smallest absolute Gasteiger partial charge is 0.414 e. The number of benzene rings is 2. The van der Waals surface area contributed by atoms with E-state index in [-0.39, 0.29) is 37.3 Å². The van der Waals surface area contributed by atoms with E-state index in [2.05, 4.69) is 5.32 Å². The van der Waals surface area contributed by atoms with E-state index < -0.39 is 22.8 Å². The molecule has 1 fully saturated rings. The van der Waals surface area contributed by atoms with Gasteiger partial charge in [-0.05, 0) is 43.4 Å². The number of hydrogen-bond donors (Lipinski definition) is 2. The summed E-state index contributed by atoms with van der Waals surface area (Å²) in [5.74, 6) is -1.13. The lowest BCUT2D eigenvalue weighted by atomic mass is 9.99. The maximum Gasteiger partial charge on any atom is 0.414 e. The zero-order valence-corrected chi connectivity index (χ0v) is 20.9. The Bertz CT molecular complexity index is 1210. The molecule has 3 amide bonds. The number of nitrogens with two attached hydrogens (primary N) is 1. The van der Waals surface area contributed by atoms with Crippen LogP contribution in [0.15, 0.2) is 42.5 Å². The van der Waals surface area contributed by atoms with Gasteiger partial charge in [-0.3, -0.25) is 24.6 Å². The summed E-state index contributed by atoms with van der Waals surface area (Å²) in [5, 5.41) is 14.5. The van der Waals surface area contributed by atoms with Gasteiger partial charge in [-0.15, -0.1) is 0 Å². The number of ether oxygens (including phenoxy) is 1. The number of nitrogens with zero attached hydrogens (tertiary/aromatic N) is 3. The van der Waals surface area contributed by atoms with E-state index in [1.807, 2.05) is 43.0 Å². The van der Waals surface area contributed by atoms with Gasteiger partial charge in [0.05, 0.1) is 10.6 Å². The van der Waals surface area contributed by atoms with Crippen LogP contribution in [-0.2, 0) is 16.1 Å². The molecule has 0 aromatic heterocycles. The lowest BCUT2D eigenvalue weighted by molar-refractivity contribution is -0.384. The zero-order valence-electron chi connectivity index (χ0n) is 20.9. The Kier molecular flexibility index (Phi) is 7.61. The molecule has 11 heteroatoms. The first-order valence-corrected chi connectivity index (χ1v) is 12.3. The third-order valence-electron chi connectivity index (χ3n) is 6.76. The van der Waals surface area contributed by atoms with Crippen molar-refractivity contribution in [3.8, 4) is 0 Å². The van der Waals surface area contributed by atoms with Gasteiger partial charge in [0.1, 0.15) is 18.3 Å². The number of anilines is 2. The van der Waals surface area contributed by atoms with Gasteiger partial charge >= 0.3 is 6.09 Å². The SMILES string of the molecule is CC(C)C[C@H](NC(=O)c1ccc(N2CCC(N3C(=O)OCc4ccccc43)CC2)c([N+](=O)[O-])c1)C(N)=O.[HH]. The number of primary amides is 1. The van der Waals surface area contributed by atoms with E-state index in [4.69, 9.17) is 10.5 Å². The number of nitro benzene ring substituents is 1. The molecule has 1 saturated heterocycles. The number of para-hydroxylation sites is 1. The summed E-state index contributed by atoms with van der Waals surface area (Å²) in [5.41, 5.74) is 7.47. The number of cyclic esters (lactones) is 1. The molecule has 2 aliphatic heterocycles. The fraction of sp³-hybridized carbons (Fsp3) is 0.423. The van der Waals surface area contributed by atoms with Crippen molar-refractivity contribution in [2.45, 2.75) is 51.8 Å². The summed E-state index contributed by atoms with van der Waals surface area (Å²) in [6.07, 6.45) is 1.17. The topological polar surface area (TPSA) is 148 Å². The van der Waals surface area contributed by atoms with Gasteiger partial charge in [0.25, 0.3) is 11.6 Å². The van der Waals surface area contributed by atoms with Crippen LogP contribution in [0.25, 0.3) is 0 Å². The highest BCUT2D eigenvalue weighted by molar-refractivity contribution is 5.98. The van der Waals surface area contributed by atoms with Gasteiger partial charge in [-0.2, -0.15) is 0 Å². The molecule has 0 saturated carbocycles. The lowest BCUT2D eigenvalue weighted by Crippen LogP contribution is -2.49. The molecule has 2 heterocycles. The van der Waals surface area contributed by atoms with Crippen molar-refractivity contribution in [2.24, 2.45) is 11.7 Å². The molecule has 11 nitrogen and oxygen atoms in total. The average molecular weight is 512 g/mol. The Morgan fingerprint density at radius 2 is 1.89 bits per heavy atom. The minimum atomic E-state index is -0.864. The van der Waals surface area contributed by atoms with Crippen molar-refractivity contribution in [1.29, 1.82) is 0 Å². The van der Waals surface area contributed by atoms with Crippen molar-refractivity contribution in [3.05, 3.63) is 63.7 Å². The van der Waals surface area contributed by atoms with Crippen LogP contribution in [0.2, 0.25) is 0 Å². The number of rotatable bonds is 8. The summed E-state index contributed by atoms with van der Waals surface area (Å²) < 4.78 is 5.35. The molecule has 0 radical (unpaired) electrons. The molecular formula is C26H33N5O6. The van der Waals surface area contributed by atoms with E-state index in [9.17, 15) is 24.5 Å². The number of fused-ring (bicyclic) bond motifs is 1. The molecule has 0 aliphatic carbocycles. The molecule has 4 rings (SSSR count). The molecule has 0 spiro atoms. The maximum atomic E-state index is 12.7. The molecule has 198 valence electrons. The fourth-order valence-electron chi connectivity index (χ4n) is 4.92. The van der Waals surface area contributed by atoms with Crippen molar-refractivity contribution in [3.63, 3.8) is 0 Å². The predicted molar refractivity (Wildman–Crippen MR) is 139 cm³/mol. The summed E-state index contributed by atoms with van der Waals surface area (Å²) in [6.45, 7) is 5.02. The Morgan fingerprint density at radius 1 is 1.19 bits per heavy atom. The normalized spacial score (nSPS) is 16.7. The van der Waals surface area contributed by atoms with Crippen molar-refractivity contribution >= 4 is 35.0 Å². The predicted octanol–water partition coefficient (Wildman–Crippen LogP) is 3.60. The van der Waals surface area contributed by atoms with Crippen LogP contribution in [0.4, 0.5) is 21.9 Å². The van der Waals surface area contributed by atoms with Gasteiger partial charge in [0.2, 0.25) is 5.91 Å². The molecule has 1 atom stereocenters. The van der Waals surface area contributed by atoms with E-state index >= 15 is 0 Å². The van der Waals surface area contributed by atoms with E-state index in [0.717, 1.165) is 11.3 Å². The standard InChI is InChI=1S/C26H31N5O6.H2/c1-16(2)13-20(24(27)32)28-25(33)17-7-8-22(23(14-17)31(35)36)29-11-9-19(10-12-29)30-21-6-4-3-5-18(21)15-37-26(30)34;/h3-8,14,16,19-20H,9-13,15H2,1-2H3,(H2,27,32)(H,28,33);1H/t20-;/m0./s1. The van der Waals surface area contributed by atoms with Crippen molar-refractivity contribution in [1.82, 2.24) is 5.32 Å². The van der Waals surface area contributed by atoms with E-state index in [1.54, 1.807) is 11.0 Å². The third-order valence-corrected chi connectivity index (χ3v) is 6.76. The van der Waals surface area contributed by atoms with Gasteiger partial charge in [-0.1, -0.05) is 32.0 Å². The lowest BCUT2D eigenvalue weighted by Gasteiger charge is -2.40. The van der Waals surface area contributed by atoms with Crippen LogP contribution < -0.4 is 20.9 Å². The molecular weight excluding hydrogens is 478 g/mol. The second-order valence-corrected chi connectivity index (χ2v) is 9.79. The Labute approximate surface area is 216 Å². The van der Waals surface area contributed by atoms with Crippen molar-refractivity contribution < 1.29 is 25.5 Å². The minimum absolute atomic E-state index is 0. The van der Waals surface area contributed by atoms with E-state index in [1.165, 1.54) is 12.1 Å². The highest BCUT2D eigenvalue weighted by Crippen LogP contribution is 2.35. The van der Waals surface area contributed by atoms with Crippen molar-refractivity contribution in [2.75, 3.05) is 22.9 Å². The number of hydrogen-bond acceptors (Lipinski definition) is 7. The van der Waals surface area contributed by atoms with Crippen LogP contribution in [0.5, 0.6) is 0 Å². The third kappa shape index (κ3) is 5.65. The second-order valence-electron chi connectivity index (χ2n) is 9.79. The number of piperidine rings is 1. The van der Waals surface area contributed by atoms with Gasteiger partial charge in [-0.25, -0.2) is 4.79 Å². The molecule has 2 aliphatic rings. The number of carbonyl (C=O) groups excluding carboxylic acids is 3. The molecule has 2 aromatic carbocycles. The number of nitro groups is 1. The van der Waals surface area contributed by atoms with Gasteiger partial charge < -0.3 is 20.7 Å². The molecule has 2 aromatic rings. The van der Waals surface area contributed by atoms with Crippen LogP contribution in [0.3, 0.4) is 0 Å². The van der Waals surface area contributed by atoms with Crippen LogP contribution in [0.1, 0.15) is 50.5 Å². The number of carbonyl (C=O) groups is 3. The fourth-order valence-corrected chi connectivity index (χ4v) is 4.92. The zero-order chi connectivity index (χ0) is 26.7. The molecule has 37 heavy (non-hydrogen) atoms. The highest BCUT2D eigenvalue weighted by atomic mass is 16.6. The monoisotopic (exact) mass is 511 g/mol. The van der Waals surface area contributed by atoms with Crippen LogP contribution in [-0.4, -0.2) is 48.0 Å². The van der Waals surface area contributed by atoms with Gasteiger partial charge in [0.15, 0.2) is 0 Å². The highest BCUT2D eigenvalue weighted by Gasteiger charge is 2.35. The second kappa shape index (κ2) is 10.9. The van der Waals surface area contributed by atoms with Gasteiger partial charge in [0, 0.05) is 37.8 Å². The maximum absolute atomic E-state index is 12.7. The first-order chi connectivity index (χ1) is 17.7. The minimum Gasteiger partial charge on any atom is -0.444 e. The Morgan fingerprint density at radius 3 is 2.54 bits per heavy atom. The summed E-state index contributed by atoms with van der Waals surface area (Å²) in [4.78, 5) is 52.0. The molecule has 3 N–H and O–H groups in total. The first-order valence-electron chi connectivity index (χ1n) is 12.3. The van der Waals surface area contributed by atoms with Crippen LogP contribution in [0, 0.1) is 16.0 Å². The summed E-state index contributed by atoms with van der Waals surface area (Å²) in [7, 11) is 0. The van der Waals surface area contributed by atoms with Crippen LogP contribution >= 0.6 is 0 Å². The largest absolute Gasteiger partial charge is 0.444 e. The first kappa shape index (κ1) is 25.9. The summed E-state index contributed by atoms with van der Waals surface area (Å²) in [6, 6.07) is 10.9. The Balaban J connectivity index is 0.00000400. The Hall–Kier alpha value is -4.15. The van der Waals surface area contributed by atoms with E-state index in [0.29, 0.717) is 38.0 Å². The summed E-state index contributed by atoms with van der Waals surface area (Å²) >= 11 is 0. The molecule has 0 unspecified atom stereocenters. The number of amides is 3. The quantitative estimate of drug-likeness (QED) is 0.406.